The topological polar surface area (TPSA) is 93.2 Å². The average Bonchev–Trinajstić information content (AvgIpc) is 2.57. The summed E-state index contributed by atoms with van der Waals surface area (Å²) < 4.78 is 5.65. The first-order valence-corrected chi connectivity index (χ1v) is 7.50. The van der Waals surface area contributed by atoms with Gasteiger partial charge >= 0.3 is 0 Å². The third-order valence-corrected chi connectivity index (χ3v) is 3.54. The van der Waals surface area contributed by atoms with Crippen molar-refractivity contribution in [2.75, 3.05) is 0 Å². The Kier molecular flexibility index (Phi) is 5.47. The number of carbonyl (C=O) groups is 2. The highest BCUT2D eigenvalue weighted by Gasteiger charge is 2.17. The van der Waals surface area contributed by atoms with Crippen molar-refractivity contribution in [2.45, 2.75) is 33.8 Å². The Labute approximate surface area is 140 Å². The molecule has 2 N–H and O–H groups in total. The minimum absolute atomic E-state index is 0.115. The van der Waals surface area contributed by atoms with Gasteiger partial charge in [-0.25, -0.2) is 4.98 Å². The molecule has 24 heavy (non-hydrogen) atoms. The molecule has 0 fully saturated rings. The number of ether oxygens (including phenoxy) is 1. The summed E-state index contributed by atoms with van der Waals surface area (Å²) in [5.41, 5.74) is 7.47. The van der Waals surface area contributed by atoms with Gasteiger partial charge in [-0.3, -0.25) is 25.4 Å². The van der Waals surface area contributed by atoms with E-state index in [9.17, 15) is 9.59 Å². The highest BCUT2D eigenvalue weighted by Crippen LogP contribution is 2.21. The van der Waals surface area contributed by atoms with Crippen LogP contribution in [0.2, 0.25) is 0 Å². The molecule has 0 spiro atoms. The lowest BCUT2D eigenvalue weighted by Gasteiger charge is -2.17. The molecular weight excluding hydrogens is 308 g/mol. The number of aryl methyl sites for hydroxylation is 2. The van der Waals surface area contributed by atoms with Gasteiger partial charge < -0.3 is 4.74 Å². The fourth-order valence-electron chi connectivity index (χ4n) is 1.89. The molecule has 0 bridgehead atoms. The summed E-state index contributed by atoms with van der Waals surface area (Å²) in [5.74, 6) is -0.382. The van der Waals surface area contributed by atoms with Crippen LogP contribution in [0.4, 0.5) is 0 Å². The molecule has 1 heterocycles. The van der Waals surface area contributed by atoms with E-state index in [0.717, 1.165) is 11.1 Å². The molecule has 1 unspecified atom stereocenters. The van der Waals surface area contributed by atoms with Crippen LogP contribution in [0, 0.1) is 20.8 Å². The van der Waals surface area contributed by atoms with Crippen LogP contribution < -0.4 is 15.6 Å². The molecule has 0 aliphatic carbocycles. The van der Waals surface area contributed by atoms with Crippen LogP contribution in [0.15, 0.2) is 30.6 Å². The lowest BCUT2D eigenvalue weighted by atomic mass is 10.1. The first-order chi connectivity index (χ1) is 11.4. The maximum Gasteiger partial charge on any atom is 0.289 e. The van der Waals surface area contributed by atoms with E-state index >= 15 is 0 Å². The largest absolute Gasteiger partial charge is 0.481 e. The number of rotatable bonds is 4. The van der Waals surface area contributed by atoms with Crippen LogP contribution in [-0.4, -0.2) is 27.9 Å². The van der Waals surface area contributed by atoms with Crippen LogP contribution in [0.25, 0.3) is 0 Å². The van der Waals surface area contributed by atoms with Gasteiger partial charge in [0.25, 0.3) is 11.8 Å². The predicted molar refractivity (Wildman–Crippen MR) is 88.4 cm³/mol. The smallest absolute Gasteiger partial charge is 0.289 e. The summed E-state index contributed by atoms with van der Waals surface area (Å²) in [6.07, 6.45) is 2.05. The fourth-order valence-corrected chi connectivity index (χ4v) is 1.89. The second-order valence-corrected chi connectivity index (χ2v) is 5.44. The van der Waals surface area contributed by atoms with Gasteiger partial charge in [-0.1, -0.05) is 12.1 Å². The minimum atomic E-state index is -0.769. The van der Waals surface area contributed by atoms with E-state index < -0.39 is 17.9 Å². The molecular formula is C17H20N4O3. The van der Waals surface area contributed by atoms with Gasteiger partial charge in [0, 0.05) is 6.20 Å². The molecule has 7 heteroatoms. The third kappa shape index (κ3) is 4.28. The van der Waals surface area contributed by atoms with Crippen LogP contribution in [-0.2, 0) is 4.79 Å². The van der Waals surface area contributed by atoms with Gasteiger partial charge in [-0.15, -0.1) is 0 Å². The zero-order valence-electron chi connectivity index (χ0n) is 14.1. The molecule has 7 nitrogen and oxygen atoms in total. The number of benzene rings is 1. The maximum absolute atomic E-state index is 12.0. The van der Waals surface area contributed by atoms with Crippen molar-refractivity contribution < 1.29 is 14.3 Å². The Morgan fingerprint density at radius 2 is 1.83 bits per heavy atom. The van der Waals surface area contributed by atoms with Crippen molar-refractivity contribution in [1.82, 2.24) is 20.8 Å². The molecule has 0 saturated carbocycles. The number of aromatic nitrogens is 2. The number of amides is 2. The highest BCUT2D eigenvalue weighted by molar-refractivity contribution is 5.93. The van der Waals surface area contributed by atoms with Crippen molar-refractivity contribution in [2.24, 2.45) is 0 Å². The van der Waals surface area contributed by atoms with E-state index in [4.69, 9.17) is 4.74 Å². The second-order valence-electron chi connectivity index (χ2n) is 5.44. The van der Waals surface area contributed by atoms with Gasteiger partial charge in [-0.05, 0) is 44.9 Å². The van der Waals surface area contributed by atoms with Crippen LogP contribution in [0.3, 0.4) is 0 Å². The van der Waals surface area contributed by atoms with E-state index in [2.05, 4.69) is 20.8 Å². The Morgan fingerprint density at radius 3 is 2.50 bits per heavy atom. The van der Waals surface area contributed by atoms with Crippen molar-refractivity contribution in [3.05, 3.63) is 53.1 Å². The standard InChI is InChI=1S/C17H20N4O3/c1-10-6-5-7-15(12(10)3)24-13(4)16(22)20-21-17(23)14-9-18-11(2)8-19-14/h5-9,13H,1-4H3,(H,20,22)(H,21,23). The molecule has 0 radical (unpaired) electrons. The Hall–Kier alpha value is -2.96. The van der Waals surface area contributed by atoms with Crippen LogP contribution in [0.1, 0.15) is 34.2 Å². The minimum Gasteiger partial charge on any atom is -0.481 e. The number of hydrazine groups is 1. The van der Waals surface area contributed by atoms with Crippen molar-refractivity contribution in [1.29, 1.82) is 0 Å². The molecule has 2 rings (SSSR count). The van der Waals surface area contributed by atoms with Gasteiger partial charge in [0.2, 0.25) is 0 Å². The molecule has 0 saturated heterocycles. The average molecular weight is 328 g/mol. The molecule has 126 valence electrons. The third-order valence-electron chi connectivity index (χ3n) is 3.54. The Balaban J connectivity index is 1.91. The first kappa shape index (κ1) is 17.4. The van der Waals surface area contributed by atoms with E-state index in [1.54, 1.807) is 19.9 Å². The van der Waals surface area contributed by atoms with Crippen molar-refractivity contribution in [3.63, 3.8) is 0 Å². The first-order valence-electron chi connectivity index (χ1n) is 7.50. The van der Waals surface area contributed by atoms with Gasteiger partial charge in [0.15, 0.2) is 6.10 Å². The lowest BCUT2D eigenvalue weighted by Crippen LogP contribution is -2.47. The Bertz CT molecular complexity index is 744. The SMILES string of the molecule is Cc1cnc(C(=O)NNC(=O)C(C)Oc2cccc(C)c2C)cn1. The monoisotopic (exact) mass is 328 g/mol. The normalized spacial score (nSPS) is 11.5. The highest BCUT2D eigenvalue weighted by atomic mass is 16.5. The fraction of sp³-hybridized carbons (Fsp3) is 0.294. The number of nitrogens with zero attached hydrogens (tertiary/aromatic N) is 2. The molecule has 2 aromatic rings. The van der Waals surface area contributed by atoms with Crippen molar-refractivity contribution in [3.8, 4) is 5.75 Å². The van der Waals surface area contributed by atoms with E-state index in [1.807, 2.05) is 26.0 Å². The van der Waals surface area contributed by atoms with Gasteiger partial charge in [0.05, 0.1) is 11.9 Å². The summed E-state index contributed by atoms with van der Waals surface area (Å²) in [5, 5.41) is 0. The predicted octanol–water partition coefficient (Wildman–Crippen LogP) is 1.63. The summed E-state index contributed by atoms with van der Waals surface area (Å²) in [7, 11) is 0. The Morgan fingerprint density at radius 1 is 1.08 bits per heavy atom. The van der Waals surface area contributed by atoms with E-state index in [0.29, 0.717) is 11.4 Å². The molecule has 1 aromatic carbocycles. The zero-order chi connectivity index (χ0) is 17.7. The number of nitrogens with one attached hydrogen (secondary N) is 2. The summed E-state index contributed by atoms with van der Waals surface area (Å²) in [6, 6.07) is 5.63. The lowest BCUT2D eigenvalue weighted by molar-refractivity contribution is -0.128. The molecule has 1 aromatic heterocycles. The molecule has 2 amide bonds. The van der Waals surface area contributed by atoms with Crippen LogP contribution in [0.5, 0.6) is 5.75 Å². The van der Waals surface area contributed by atoms with Crippen molar-refractivity contribution >= 4 is 11.8 Å². The second kappa shape index (κ2) is 7.54. The van der Waals surface area contributed by atoms with E-state index in [1.165, 1.54) is 12.4 Å². The number of hydrogen-bond donors (Lipinski definition) is 2. The molecule has 0 aliphatic rings. The van der Waals surface area contributed by atoms with Crippen LogP contribution >= 0.6 is 0 Å². The zero-order valence-corrected chi connectivity index (χ0v) is 14.1. The summed E-state index contributed by atoms with van der Waals surface area (Å²) in [6.45, 7) is 7.26. The van der Waals surface area contributed by atoms with Gasteiger partial charge in [0.1, 0.15) is 11.4 Å². The molecule has 1 atom stereocenters. The summed E-state index contributed by atoms with van der Waals surface area (Å²) in [4.78, 5) is 31.8. The molecule has 0 aliphatic heterocycles. The summed E-state index contributed by atoms with van der Waals surface area (Å²) >= 11 is 0. The maximum atomic E-state index is 12.0. The van der Waals surface area contributed by atoms with Gasteiger partial charge in [-0.2, -0.15) is 0 Å². The number of hydrogen-bond acceptors (Lipinski definition) is 5. The van der Waals surface area contributed by atoms with E-state index in [-0.39, 0.29) is 5.69 Å². The quantitative estimate of drug-likeness (QED) is 0.832. The number of carbonyl (C=O) groups excluding carboxylic acids is 2.